The molecule has 0 atom stereocenters. The van der Waals surface area contributed by atoms with Crippen molar-refractivity contribution in [2.45, 2.75) is 19.1 Å². The number of aromatic hydroxyl groups is 1. The minimum Gasteiger partial charge on any atom is -0.504 e. The number of ether oxygens (including phenoxy) is 3. The molecular formula is C20H24O4S. The fraction of sp³-hybridized carbons (Fsp3) is 0.300. The predicted octanol–water partition coefficient (Wildman–Crippen LogP) is 4.88. The quantitative estimate of drug-likeness (QED) is 0.727. The molecule has 134 valence electrons. The lowest BCUT2D eigenvalue weighted by Crippen LogP contribution is -1.95. The first-order valence-electron chi connectivity index (χ1n) is 8.01. The van der Waals surface area contributed by atoms with Gasteiger partial charge in [0.25, 0.3) is 0 Å². The third-order valence-corrected chi connectivity index (χ3v) is 4.69. The summed E-state index contributed by atoms with van der Waals surface area (Å²) in [6.45, 7) is 2.11. The molecule has 0 saturated heterocycles. The van der Waals surface area contributed by atoms with Gasteiger partial charge in [-0.05, 0) is 47.2 Å². The van der Waals surface area contributed by atoms with Crippen molar-refractivity contribution < 1.29 is 19.3 Å². The maximum atomic E-state index is 9.83. The second kappa shape index (κ2) is 9.28. The highest BCUT2D eigenvalue weighted by molar-refractivity contribution is 8.01. The molecule has 0 heterocycles. The number of methoxy groups -OCH3 is 3. The summed E-state index contributed by atoms with van der Waals surface area (Å²) in [6.07, 6.45) is 2.95. The number of hydrogen-bond donors (Lipinski definition) is 1. The summed E-state index contributed by atoms with van der Waals surface area (Å²) in [5.41, 5.74) is 3.27. The van der Waals surface area contributed by atoms with Gasteiger partial charge in [-0.3, -0.25) is 0 Å². The number of rotatable bonds is 8. The molecule has 2 rings (SSSR count). The van der Waals surface area contributed by atoms with E-state index in [1.165, 1.54) is 5.56 Å². The molecule has 0 aliphatic rings. The number of hydrogen-bond acceptors (Lipinski definition) is 5. The number of phenols is 1. The molecule has 0 saturated carbocycles. The van der Waals surface area contributed by atoms with Crippen LogP contribution in [0, 0.1) is 0 Å². The van der Waals surface area contributed by atoms with Gasteiger partial charge in [0, 0.05) is 17.4 Å². The fourth-order valence-corrected chi connectivity index (χ4v) is 3.21. The lowest BCUT2D eigenvalue weighted by molar-refractivity contribution is 0.373. The van der Waals surface area contributed by atoms with Crippen molar-refractivity contribution >= 4 is 17.8 Å². The number of aryl methyl sites for hydroxylation is 1. The minimum absolute atomic E-state index is 0.162. The first-order chi connectivity index (χ1) is 12.1. The van der Waals surface area contributed by atoms with Gasteiger partial charge in [0.1, 0.15) is 11.5 Å². The highest BCUT2D eigenvalue weighted by Crippen LogP contribution is 2.32. The lowest BCUT2D eigenvalue weighted by atomic mass is 10.0. The van der Waals surface area contributed by atoms with E-state index in [9.17, 15) is 5.11 Å². The van der Waals surface area contributed by atoms with Crippen molar-refractivity contribution in [3.63, 3.8) is 0 Å². The van der Waals surface area contributed by atoms with Crippen LogP contribution in [0.5, 0.6) is 23.0 Å². The largest absolute Gasteiger partial charge is 0.504 e. The number of benzene rings is 2. The smallest absolute Gasteiger partial charge is 0.160 e. The normalized spacial score (nSPS) is 10.9. The molecule has 4 nitrogen and oxygen atoms in total. The molecule has 5 heteroatoms. The predicted molar refractivity (Wildman–Crippen MR) is 104 cm³/mol. The Bertz CT molecular complexity index is 715. The Morgan fingerprint density at radius 2 is 1.76 bits per heavy atom. The molecule has 0 amide bonds. The van der Waals surface area contributed by atoms with E-state index in [1.54, 1.807) is 45.2 Å². The Morgan fingerprint density at radius 1 is 1.00 bits per heavy atom. The average molecular weight is 360 g/mol. The van der Waals surface area contributed by atoms with Gasteiger partial charge in [-0.2, -0.15) is 0 Å². The van der Waals surface area contributed by atoms with Gasteiger partial charge < -0.3 is 19.3 Å². The number of phenolic OH excluding ortho intramolecular Hbond substituents is 1. The molecule has 0 aliphatic carbocycles. The van der Waals surface area contributed by atoms with Crippen molar-refractivity contribution in [1.82, 2.24) is 0 Å². The maximum Gasteiger partial charge on any atom is 0.160 e. The zero-order valence-corrected chi connectivity index (χ0v) is 15.9. The highest BCUT2D eigenvalue weighted by atomic mass is 32.2. The third-order valence-electron chi connectivity index (χ3n) is 3.86. The van der Waals surface area contributed by atoms with Crippen LogP contribution in [0.3, 0.4) is 0 Å². The summed E-state index contributed by atoms with van der Waals surface area (Å²) in [4.78, 5) is 0. The van der Waals surface area contributed by atoms with Crippen LogP contribution in [-0.2, 0) is 12.2 Å². The molecule has 25 heavy (non-hydrogen) atoms. The topological polar surface area (TPSA) is 47.9 Å². The molecule has 0 aliphatic heterocycles. The van der Waals surface area contributed by atoms with Crippen LogP contribution < -0.4 is 14.2 Å². The van der Waals surface area contributed by atoms with E-state index in [2.05, 4.69) is 13.0 Å². The Balaban J connectivity index is 2.10. The standard InChI is InChI=1S/C20H24O4S/c1-5-15-11-16(22-2)12-20(24-4)17(15)8-9-25-13-14-6-7-19(23-3)18(21)10-14/h6-12,21H,5,13H2,1-4H3/b9-8+. The highest BCUT2D eigenvalue weighted by Gasteiger charge is 2.09. The zero-order valence-electron chi connectivity index (χ0n) is 15.0. The SMILES string of the molecule is CCc1cc(OC)cc(OC)c1/C=C/SCc1ccc(OC)c(O)c1. The van der Waals surface area contributed by atoms with Crippen LogP contribution in [0.1, 0.15) is 23.6 Å². The molecule has 0 fully saturated rings. The van der Waals surface area contributed by atoms with Gasteiger partial charge in [-0.25, -0.2) is 0 Å². The second-order valence-corrected chi connectivity index (χ2v) is 6.27. The Labute approximate surface area is 153 Å². The van der Waals surface area contributed by atoms with Crippen molar-refractivity contribution in [2.75, 3.05) is 21.3 Å². The van der Waals surface area contributed by atoms with Crippen molar-refractivity contribution in [1.29, 1.82) is 0 Å². The Morgan fingerprint density at radius 3 is 2.36 bits per heavy atom. The lowest BCUT2D eigenvalue weighted by Gasteiger charge is -2.12. The van der Waals surface area contributed by atoms with E-state index in [-0.39, 0.29) is 5.75 Å². The van der Waals surface area contributed by atoms with E-state index in [1.807, 2.05) is 23.6 Å². The minimum atomic E-state index is 0.162. The van der Waals surface area contributed by atoms with E-state index in [4.69, 9.17) is 14.2 Å². The molecule has 0 aromatic heterocycles. The van der Waals surface area contributed by atoms with E-state index in [0.717, 1.165) is 34.8 Å². The summed E-state index contributed by atoms with van der Waals surface area (Å²) >= 11 is 1.65. The summed E-state index contributed by atoms with van der Waals surface area (Å²) in [5.74, 6) is 3.01. The molecular weight excluding hydrogens is 336 g/mol. The van der Waals surface area contributed by atoms with E-state index in [0.29, 0.717) is 5.75 Å². The van der Waals surface area contributed by atoms with Crippen molar-refractivity contribution in [3.8, 4) is 23.0 Å². The van der Waals surface area contributed by atoms with Gasteiger partial charge in [-0.1, -0.05) is 13.0 Å². The van der Waals surface area contributed by atoms with Crippen LogP contribution in [0.2, 0.25) is 0 Å². The van der Waals surface area contributed by atoms with Crippen molar-refractivity contribution in [3.05, 3.63) is 52.4 Å². The van der Waals surface area contributed by atoms with Gasteiger partial charge in [-0.15, -0.1) is 11.8 Å². The third kappa shape index (κ3) is 4.86. The summed E-state index contributed by atoms with van der Waals surface area (Å²) in [5, 5.41) is 11.9. The average Bonchev–Trinajstić information content (AvgIpc) is 2.64. The van der Waals surface area contributed by atoms with Crippen LogP contribution in [0.15, 0.2) is 35.7 Å². The van der Waals surface area contributed by atoms with Crippen LogP contribution in [0.4, 0.5) is 0 Å². The summed E-state index contributed by atoms with van der Waals surface area (Å²) in [7, 11) is 4.86. The Kier molecular flexibility index (Phi) is 7.07. The molecule has 0 bridgehead atoms. The van der Waals surface area contributed by atoms with Gasteiger partial charge in [0.05, 0.1) is 21.3 Å². The first kappa shape index (κ1) is 19.1. The van der Waals surface area contributed by atoms with E-state index >= 15 is 0 Å². The monoisotopic (exact) mass is 360 g/mol. The second-order valence-electron chi connectivity index (χ2n) is 5.38. The molecule has 2 aromatic carbocycles. The van der Waals surface area contributed by atoms with Gasteiger partial charge in [0.2, 0.25) is 0 Å². The molecule has 1 N–H and O–H groups in total. The zero-order chi connectivity index (χ0) is 18.2. The van der Waals surface area contributed by atoms with Gasteiger partial charge in [0.15, 0.2) is 11.5 Å². The molecule has 0 unspecified atom stereocenters. The molecule has 0 spiro atoms. The van der Waals surface area contributed by atoms with Gasteiger partial charge >= 0.3 is 0 Å². The van der Waals surface area contributed by atoms with E-state index < -0.39 is 0 Å². The van der Waals surface area contributed by atoms with Crippen LogP contribution >= 0.6 is 11.8 Å². The summed E-state index contributed by atoms with van der Waals surface area (Å²) in [6, 6.07) is 9.38. The van der Waals surface area contributed by atoms with Crippen molar-refractivity contribution in [2.24, 2.45) is 0 Å². The molecule has 0 radical (unpaired) electrons. The molecule has 2 aromatic rings. The summed E-state index contributed by atoms with van der Waals surface area (Å²) < 4.78 is 15.9. The maximum absolute atomic E-state index is 9.83. The van der Waals surface area contributed by atoms with Crippen LogP contribution in [0.25, 0.3) is 6.08 Å². The number of thioether (sulfide) groups is 1. The first-order valence-corrected chi connectivity index (χ1v) is 9.06. The van der Waals surface area contributed by atoms with Crippen LogP contribution in [-0.4, -0.2) is 26.4 Å². The fourth-order valence-electron chi connectivity index (χ4n) is 2.51. The Hall–Kier alpha value is -2.27.